The van der Waals surface area contributed by atoms with Gasteiger partial charge in [0.25, 0.3) is 0 Å². The van der Waals surface area contributed by atoms with E-state index in [9.17, 15) is 4.79 Å². The van der Waals surface area contributed by atoms with Gasteiger partial charge in [-0.15, -0.1) is 0 Å². The molecule has 0 spiro atoms. The minimum absolute atomic E-state index is 0.106. The van der Waals surface area contributed by atoms with E-state index in [1.54, 1.807) is 7.11 Å². The molecule has 4 heteroatoms. The summed E-state index contributed by atoms with van der Waals surface area (Å²) >= 11 is 0. The highest BCUT2D eigenvalue weighted by molar-refractivity contribution is 5.79. The molecule has 0 saturated carbocycles. The summed E-state index contributed by atoms with van der Waals surface area (Å²) in [6.07, 6.45) is 0.463. The molecular formula is C31H44N2O2. The topological polar surface area (TPSA) is 32.8 Å². The van der Waals surface area contributed by atoms with Crippen LogP contribution in [0, 0.1) is 10.8 Å². The van der Waals surface area contributed by atoms with Crippen molar-refractivity contribution in [1.82, 2.24) is 9.80 Å². The molecule has 0 aliphatic carbocycles. The van der Waals surface area contributed by atoms with Crippen LogP contribution in [0.4, 0.5) is 0 Å². The zero-order valence-electron chi connectivity index (χ0n) is 22.9. The minimum Gasteiger partial charge on any atom is -0.383 e. The molecule has 0 N–H and O–H groups in total. The Kier molecular flexibility index (Phi) is 7.45. The lowest BCUT2D eigenvalue weighted by molar-refractivity contribution is -0.132. The van der Waals surface area contributed by atoms with Gasteiger partial charge in [-0.05, 0) is 38.6 Å². The smallest absolute Gasteiger partial charge is 0.227 e. The molecule has 2 unspecified atom stereocenters. The Labute approximate surface area is 212 Å². The van der Waals surface area contributed by atoms with E-state index < -0.39 is 0 Å². The molecule has 0 radical (unpaired) electrons. The van der Waals surface area contributed by atoms with Crippen molar-refractivity contribution in [2.24, 2.45) is 10.8 Å². The summed E-state index contributed by atoms with van der Waals surface area (Å²) in [6, 6.07) is 15.4. The lowest BCUT2D eigenvalue weighted by atomic mass is 9.72. The lowest BCUT2D eigenvalue weighted by Gasteiger charge is -2.42. The second kappa shape index (κ2) is 10.1. The van der Waals surface area contributed by atoms with Gasteiger partial charge in [-0.3, -0.25) is 9.69 Å². The number of amides is 1. The molecule has 2 aromatic rings. The molecule has 2 aliphatic rings. The van der Waals surface area contributed by atoms with Crippen molar-refractivity contribution in [2.75, 3.05) is 33.4 Å². The molecule has 35 heavy (non-hydrogen) atoms. The average Bonchev–Trinajstić information content (AvgIpc) is 2.80. The highest BCUT2D eigenvalue weighted by atomic mass is 16.5. The first kappa shape index (κ1) is 25.9. The molecule has 0 fully saturated rings. The van der Waals surface area contributed by atoms with Crippen molar-refractivity contribution in [1.29, 1.82) is 0 Å². The Bertz CT molecular complexity index is 1050. The van der Waals surface area contributed by atoms with Crippen LogP contribution in [0.3, 0.4) is 0 Å². The van der Waals surface area contributed by atoms with E-state index in [0.29, 0.717) is 24.8 Å². The number of fused-ring (bicyclic) bond motifs is 2. The number of benzene rings is 2. The van der Waals surface area contributed by atoms with Crippen molar-refractivity contribution >= 4 is 5.91 Å². The highest BCUT2D eigenvalue weighted by Crippen LogP contribution is 2.42. The zero-order valence-corrected chi connectivity index (χ0v) is 22.9. The predicted octanol–water partition coefficient (Wildman–Crippen LogP) is 5.99. The van der Waals surface area contributed by atoms with Gasteiger partial charge in [-0.25, -0.2) is 0 Å². The molecule has 1 amide bonds. The normalized spacial score (nSPS) is 20.9. The SMILES string of the molecule is COCCN1Cc2cc(CC(=O)N3Cc4ccccc4C(C(C)(C)C)C3)ccc2C(C(C)(C)C)C1. The van der Waals surface area contributed by atoms with E-state index >= 15 is 0 Å². The van der Waals surface area contributed by atoms with Gasteiger partial charge in [0.1, 0.15) is 0 Å². The molecule has 2 aromatic carbocycles. The number of hydrogen-bond acceptors (Lipinski definition) is 3. The second-order valence-electron chi connectivity index (χ2n) is 12.7. The molecule has 0 saturated heterocycles. The van der Waals surface area contributed by atoms with Gasteiger partial charge in [0.15, 0.2) is 0 Å². The third-order valence-electron chi connectivity index (χ3n) is 8.02. The van der Waals surface area contributed by atoms with Crippen LogP contribution < -0.4 is 0 Å². The fourth-order valence-electron chi connectivity index (χ4n) is 5.86. The third kappa shape index (κ3) is 5.81. The summed E-state index contributed by atoms with van der Waals surface area (Å²) in [7, 11) is 1.77. The average molecular weight is 477 g/mol. The first-order valence-electron chi connectivity index (χ1n) is 13.2. The molecule has 190 valence electrons. The van der Waals surface area contributed by atoms with E-state index in [4.69, 9.17) is 4.74 Å². The van der Waals surface area contributed by atoms with E-state index in [0.717, 1.165) is 38.3 Å². The highest BCUT2D eigenvalue weighted by Gasteiger charge is 2.36. The maximum absolute atomic E-state index is 13.5. The quantitative estimate of drug-likeness (QED) is 0.531. The van der Waals surface area contributed by atoms with Crippen LogP contribution in [0.25, 0.3) is 0 Å². The van der Waals surface area contributed by atoms with E-state index in [1.807, 2.05) is 0 Å². The van der Waals surface area contributed by atoms with Gasteiger partial charge in [0.05, 0.1) is 13.0 Å². The fraction of sp³-hybridized carbons (Fsp3) is 0.581. The number of methoxy groups -OCH3 is 1. The number of rotatable bonds is 5. The monoisotopic (exact) mass is 476 g/mol. The number of hydrogen-bond donors (Lipinski definition) is 0. The van der Waals surface area contributed by atoms with Gasteiger partial charge in [-0.1, -0.05) is 84.0 Å². The molecule has 2 atom stereocenters. The Morgan fingerprint density at radius 1 is 0.886 bits per heavy atom. The van der Waals surface area contributed by atoms with Crippen molar-refractivity contribution in [2.45, 2.75) is 72.9 Å². The number of ether oxygens (including phenoxy) is 1. The van der Waals surface area contributed by atoms with Gasteiger partial charge >= 0.3 is 0 Å². The van der Waals surface area contributed by atoms with E-state index in [-0.39, 0.29) is 16.7 Å². The van der Waals surface area contributed by atoms with Crippen molar-refractivity contribution in [3.05, 3.63) is 70.3 Å². The Morgan fingerprint density at radius 2 is 1.54 bits per heavy atom. The molecule has 2 aliphatic heterocycles. The second-order valence-corrected chi connectivity index (χ2v) is 12.7. The van der Waals surface area contributed by atoms with Gasteiger partial charge in [0.2, 0.25) is 5.91 Å². The molecule has 2 heterocycles. The first-order valence-corrected chi connectivity index (χ1v) is 13.2. The standard InChI is InChI=1S/C31H44N2O2/c1-30(2,3)27-20-32(14-15-35-7)18-24-16-22(12-13-26(24)27)17-29(34)33-19-23-10-8-9-11-25(23)28(21-33)31(4,5)6/h8-13,16,27-28H,14-15,17-21H2,1-7H3. The molecular weight excluding hydrogens is 432 g/mol. The van der Waals surface area contributed by atoms with Gasteiger partial charge in [0, 0.05) is 51.7 Å². The Balaban J connectivity index is 1.55. The maximum Gasteiger partial charge on any atom is 0.227 e. The number of nitrogens with zero attached hydrogens (tertiary/aromatic N) is 2. The minimum atomic E-state index is 0.106. The maximum atomic E-state index is 13.5. The Hall–Kier alpha value is -2.17. The molecule has 4 nitrogen and oxygen atoms in total. The molecule has 0 bridgehead atoms. The van der Waals surface area contributed by atoms with E-state index in [2.05, 4.69) is 93.8 Å². The van der Waals surface area contributed by atoms with Crippen molar-refractivity contribution < 1.29 is 9.53 Å². The van der Waals surface area contributed by atoms with Crippen LogP contribution in [-0.2, 0) is 29.0 Å². The van der Waals surface area contributed by atoms with Crippen LogP contribution in [0.15, 0.2) is 42.5 Å². The van der Waals surface area contributed by atoms with E-state index in [1.165, 1.54) is 22.3 Å². The van der Waals surface area contributed by atoms with Crippen LogP contribution in [0.1, 0.15) is 81.2 Å². The summed E-state index contributed by atoms with van der Waals surface area (Å²) in [6.45, 7) is 19.0. The number of carbonyl (C=O) groups is 1. The summed E-state index contributed by atoms with van der Waals surface area (Å²) in [5, 5.41) is 0. The van der Waals surface area contributed by atoms with Crippen molar-refractivity contribution in [3.63, 3.8) is 0 Å². The summed E-state index contributed by atoms with van der Waals surface area (Å²) in [5.41, 5.74) is 6.93. The Morgan fingerprint density at radius 3 is 2.23 bits per heavy atom. The first-order chi connectivity index (χ1) is 16.5. The van der Waals surface area contributed by atoms with Gasteiger partial charge < -0.3 is 9.64 Å². The number of carbonyl (C=O) groups excluding carboxylic acids is 1. The zero-order chi connectivity index (χ0) is 25.4. The van der Waals surface area contributed by atoms with Gasteiger partial charge in [-0.2, -0.15) is 0 Å². The summed E-state index contributed by atoms with van der Waals surface area (Å²) < 4.78 is 5.36. The van der Waals surface area contributed by atoms with Crippen LogP contribution >= 0.6 is 0 Å². The molecule has 4 rings (SSSR count). The predicted molar refractivity (Wildman–Crippen MR) is 144 cm³/mol. The van der Waals surface area contributed by atoms with Crippen LogP contribution in [-0.4, -0.2) is 49.1 Å². The summed E-state index contributed by atoms with van der Waals surface area (Å²) in [5.74, 6) is 1.05. The van der Waals surface area contributed by atoms with Crippen LogP contribution in [0.5, 0.6) is 0 Å². The molecule has 0 aromatic heterocycles. The van der Waals surface area contributed by atoms with Crippen LogP contribution in [0.2, 0.25) is 0 Å². The largest absolute Gasteiger partial charge is 0.383 e. The fourth-order valence-corrected chi connectivity index (χ4v) is 5.86. The lowest BCUT2D eigenvalue weighted by Crippen LogP contribution is -2.42. The summed E-state index contributed by atoms with van der Waals surface area (Å²) in [4.78, 5) is 18.1. The van der Waals surface area contributed by atoms with Crippen molar-refractivity contribution in [3.8, 4) is 0 Å². The third-order valence-corrected chi connectivity index (χ3v) is 8.02.